The highest BCUT2D eigenvalue weighted by Crippen LogP contribution is 2.39. The molecule has 2 heterocycles. The van der Waals surface area contributed by atoms with E-state index in [0.29, 0.717) is 44.9 Å². The van der Waals surface area contributed by atoms with Crippen molar-refractivity contribution in [2.24, 2.45) is 5.10 Å². The average Bonchev–Trinajstić information content (AvgIpc) is 3.40. The van der Waals surface area contributed by atoms with Crippen LogP contribution in [0.15, 0.2) is 94.7 Å². The van der Waals surface area contributed by atoms with E-state index in [-0.39, 0.29) is 12.6 Å². The molecule has 4 aromatic rings. The summed E-state index contributed by atoms with van der Waals surface area (Å²) in [5, 5.41) is 5.45. The van der Waals surface area contributed by atoms with Crippen molar-refractivity contribution >= 4 is 35.8 Å². The van der Waals surface area contributed by atoms with Crippen LogP contribution in [0.25, 0.3) is 22.3 Å². The van der Waals surface area contributed by atoms with E-state index >= 15 is 0 Å². The number of hydrogen-bond acceptors (Lipinski definition) is 6. The predicted octanol–water partition coefficient (Wildman–Crippen LogP) is 4.69. The second kappa shape index (κ2) is 10.3. The Hall–Kier alpha value is -3.75. The molecule has 0 aliphatic carbocycles. The molecule has 11 heteroatoms. The molecule has 2 N–H and O–H groups in total. The molecule has 0 bridgehead atoms. The summed E-state index contributed by atoms with van der Waals surface area (Å²) in [7, 11) is -4.23. The van der Waals surface area contributed by atoms with Crippen molar-refractivity contribution < 1.29 is 23.8 Å². The van der Waals surface area contributed by atoms with Crippen molar-refractivity contribution in [3.8, 4) is 11.4 Å². The van der Waals surface area contributed by atoms with E-state index in [1.54, 1.807) is 42.5 Å². The van der Waals surface area contributed by atoms with Crippen LogP contribution in [-0.2, 0) is 26.6 Å². The normalized spacial score (nSPS) is 13.8. The molecule has 188 valence electrons. The van der Waals surface area contributed by atoms with Crippen molar-refractivity contribution in [1.29, 1.82) is 0 Å². The molecule has 5 rings (SSSR count). The Labute approximate surface area is 216 Å². The van der Waals surface area contributed by atoms with E-state index in [4.69, 9.17) is 26.2 Å². The van der Waals surface area contributed by atoms with Crippen molar-refractivity contribution in [3.63, 3.8) is 0 Å². The number of nitrogens with zero attached hydrogens (tertiary/aromatic N) is 3. The van der Waals surface area contributed by atoms with Gasteiger partial charge in [0, 0.05) is 17.0 Å². The van der Waals surface area contributed by atoms with Crippen molar-refractivity contribution in [2.45, 2.75) is 12.6 Å². The lowest BCUT2D eigenvalue weighted by molar-refractivity contribution is 0.0862. The maximum Gasteiger partial charge on any atom is 0.329 e. The van der Waals surface area contributed by atoms with E-state index in [2.05, 4.69) is 4.98 Å². The number of rotatable bonds is 7. The molecule has 0 fully saturated rings. The van der Waals surface area contributed by atoms with Crippen LogP contribution in [0.4, 0.5) is 0 Å². The third-order valence-corrected chi connectivity index (χ3v) is 6.61. The minimum Gasteiger partial charge on any atom is -0.461 e. The van der Waals surface area contributed by atoms with Gasteiger partial charge < -0.3 is 19.3 Å². The highest BCUT2D eigenvalue weighted by molar-refractivity contribution is 7.50. The van der Waals surface area contributed by atoms with Crippen LogP contribution in [0, 0.1) is 0 Å². The molecule has 37 heavy (non-hydrogen) atoms. The Morgan fingerprint density at radius 3 is 2.49 bits per heavy atom. The first-order valence-electron chi connectivity index (χ1n) is 11.2. The largest absolute Gasteiger partial charge is 0.461 e. The molecule has 0 radical (unpaired) electrons. The fraction of sp³-hybridized carbons (Fsp3) is 0.115. The molecule has 9 nitrogen and oxygen atoms in total. The fourth-order valence-corrected chi connectivity index (χ4v) is 4.75. The SMILES string of the molecule is O=c1c2ccc(Cl)cc2nc(-c2ccc(CP(=O)(O)O)cc2)n1N=C(Cc1ccccc1)C1=COCO1. The standard InChI is InChI=1S/C26H21ClN3O6P/c27-20-10-11-21-22(13-20)28-25(19-8-6-18(7-9-19)15-37(32,33)34)30(26(21)31)29-23(24-14-35-16-36-24)12-17-4-2-1-3-5-17/h1-11,13-14H,12,15-16H2,(H2,32,33,34). The highest BCUT2D eigenvalue weighted by atomic mass is 35.5. The zero-order valence-electron chi connectivity index (χ0n) is 19.3. The number of ether oxygens (including phenoxy) is 2. The van der Waals surface area contributed by atoms with Gasteiger partial charge in [-0.25, -0.2) is 4.98 Å². The van der Waals surface area contributed by atoms with Crippen LogP contribution in [0.5, 0.6) is 0 Å². The van der Waals surface area contributed by atoms with Crippen molar-refractivity contribution in [3.05, 3.63) is 111 Å². The van der Waals surface area contributed by atoms with Gasteiger partial charge in [0.1, 0.15) is 12.0 Å². The fourth-order valence-electron chi connectivity index (χ4n) is 3.90. The monoisotopic (exact) mass is 537 g/mol. The van der Waals surface area contributed by atoms with Gasteiger partial charge >= 0.3 is 7.60 Å². The van der Waals surface area contributed by atoms with Gasteiger partial charge in [0.2, 0.25) is 6.79 Å². The third-order valence-electron chi connectivity index (χ3n) is 5.60. The zero-order chi connectivity index (χ0) is 26.0. The molecule has 3 aromatic carbocycles. The number of halogens is 1. The first-order valence-corrected chi connectivity index (χ1v) is 13.4. The summed E-state index contributed by atoms with van der Waals surface area (Å²) in [5.41, 5.74) is 2.36. The van der Waals surface area contributed by atoms with E-state index in [1.165, 1.54) is 10.9 Å². The van der Waals surface area contributed by atoms with Gasteiger partial charge in [0.25, 0.3) is 5.56 Å². The topological polar surface area (TPSA) is 123 Å². The summed E-state index contributed by atoms with van der Waals surface area (Å²) in [6.45, 7) is 0.0421. The third kappa shape index (κ3) is 5.81. The molecule has 0 unspecified atom stereocenters. The van der Waals surface area contributed by atoms with E-state index in [9.17, 15) is 19.1 Å². The molecule has 1 aromatic heterocycles. The Morgan fingerprint density at radius 1 is 1.05 bits per heavy atom. The van der Waals surface area contributed by atoms with Gasteiger partial charge in [-0.15, -0.1) is 0 Å². The second-order valence-corrected chi connectivity index (χ2v) is 10.4. The summed E-state index contributed by atoms with van der Waals surface area (Å²) in [6, 6.07) is 20.8. The van der Waals surface area contributed by atoms with Crippen LogP contribution in [-0.4, -0.2) is 32.0 Å². The van der Waals surface area contributed by atoms with Gasteiger partial charge in [-0.2, -0.15) is 9.78 Å². The summed E-state index contributed by atoms with van der Waals surface area (Å²) >= 11 is 6.16. The Kier molecular flexibility index (Phi) is 6.95. The maximum atomic E-state index is 13.7. The quantitative estimate of drug-likeness (QED) is 0.259. The Bertz CT molecular complexity index is 1630. The minimum atomic E-state index is -4.23. The highest BCUT2D eigenvalue weighted by Gasteiger charge is 2.20. The number of aromatic nitrogens is 2. The lowest BCUT2D eigenvalue weighted by Gasteiger charge is -2.13. The van der Waals surface area contributed by atoms with Gasteiger partial charge in [0.05, 0.1) is 17.1 Å². The first kappa shape index (κ1) is 24.9. The molecule has 0 spiro atoms. The van der Waals surface area contributed by atoms with Crippen LogP contribution in [0.1, 0.15) is 11.1 Å². The number of allylic oxidation sites excluding steroid dienone is 1. The summed E-state index contributed by atoms with van der Waals surface area (Å²) < 4.78 is 23.5. The zero-order valence-corrected chi connectivity index (χ0v) is 21.0. The molecule has 0 amide bonds. The summed E-state index contributed by atoms with van der Waals surface area (Å²) in [4.78, 5) is 37.0. The first-order chi connectivity index (χ1) is 17.8. The molecular weight excluding hydrogens is 517 g/mol. The van der Waals surface area contributed by atoms with E-state index in [1.807, 2.05) is 30.3 Å². The van der Waals surface area contributed by atoms with Gasteiger partial charge in [0.15, 0.2) is 11.6 Å². The smallest absolute Gasteiger partial charge is 0.329 e. The van der Waals surface area contributed by atoms with E-state index < -0.39 is 19.3 Å². The lowest BCUT2D eigenvalue weighted by atomic mass is 10.1. The predicted molar refractivity (Wildman–Crippen MR) is 140 cm³/mol. The summed E-state index contributed by atoms with van der Waals surface area (Å²) in [5.74, 6) is 0.627. The molecule has 0 atom stereocenters. The Balaban J connectivity index is 1.69. The Morgan fingerprint density at radius 2 is 1.81 bits per heavy atom. The molecule has 1 aliphatic rings. The lowest BCUT2D eigenvalue weighted by Crippen LogP contribution is -2.23. The van der Waals surface area contributed by atoms with E-state index in [0.717, 1.165) is 5.56 Å². The van der Waals surface area contributed by atoms with Crippen molar-refractivity contribution in [2.75, 3.05) is 6.79 Å². The van der Waals surface area contributed by atoms with Gasteiger partial charge in [-0.3, -0.25) is 9.36 Å². The van der Waals surface area contributed by atoms with Gasteiger partial charge in [-0.05, 0) is 29.3 Å². The average molecular weight is 538 g/mol. The number of fused-ring (bicyclic) bond motifs is 1. The van der Waals surface area contributed by atoms with Crippen molar-refractivity contribution in [1.82, 2.24) is 9.66 Å². The molecular formula is C26H21ClN3O6P. The molecule has 1 aliphatic heterocycles. The van der Waals surface area contributed by atoms with Crippen LogP contribution in [0.3, 0.4) is 0 Å². The summed E-state index contributed by atoms with van der Waals surface area (Å²) in [6.07, 6.45) is 1.42. The maximum absolute atomic E-state index is 13.7. The number of hydrogen-bond donors (Lipinski definition) is 2. The second-order valence-electron chi connectivity index (χ2n) is 8.35. The van der Waals surface area contributed by atoms with Crippen LogP contribution in [0.2, 0.25) is 5.02 Å². The van der Waals surface area contributed by atoms with Gasteiger partial charge in [-0.1, -0.05) is 66.2 Å². The number of benzene rings is 3. The van der Waals surface area contributed by atoms with Crippen LogP contribution < -0.4 is 5.56 Å². The minimum absolute atomic E-state index is 0.0421. The van der Waals surface area contributed by atoms with Crippen LogP contribution >= 0.6 is 19.2 Å². The molecule has 0 saturated heterocycles. The molecule has 0 saturated carbocycles.